The van der Waals surface area contributed by atoms with Gasteiger partial charge in [-0.2, -0.15) is 0 Å². The van der Waals surface area contributed by atoms with Gasteiger partial charge in [0, 0.05) is 17.2 Å². The molecule has 0 fully saturated rings. The minimum absolute atomic E-state index is 0.0898. The number of nitrogens with zero attached hydrogens (tertiary/aromatic N) is 1. The summed E-state index contributed by atoms with van der Waals surface area (Å²) in [5.41, 5.74) is 0.754. The second-order valence-electron chi connectivity index (χ2n) is 6.12. The molecule has 7 heteroatoms. The van der Waals surface area contributed by atoms with E-state index in [1.807, 2.05) is 24.3 Å². The normalized spacial score (nSPS) is 14.2. The lowest BCUT2D eigenvalue weighted by Crippen LogP contribution is -2.33. The SMILES string of the molecule is COc1ccc(SCC(CCN2C(=O)c3ccccc3C2=O)C(=O)O)cc1. The second-order valence-corrected chi connectivity index (χ2v) is 7.21. The first-order chi connectivity index (χ1) is 13.0. The monoisotopic (exact) mass is 385 g/mol. The van der Waals surface area contributed by atoms with Crippen LogP contribution >= 0.6 is 11.8 Å². The van der Waals surface area contributed by atoms with Crippen molar-refractivity contribution in [2.24, 2.45) is 5.92 Å². The van der Waals surface area contributed by atoms with Gasteiger partial charge in [0.05, 0.1) is 24.2 Å². The smallest absolute Gasteiger partial charge is 0.307 e. The Morgan fingerprint density at radius 2 is 1.67 bits per heavy atom. The van der Waals surface area contributed by atoms with Crippen LogP contribution in [0.3, 0.4) is 0 Å². The van der Waals surface area contributed by atoms with E-state index in [4.69, 9.17) is 4.74 Å². The largest absolute Gasteiger partial charge is 0.497 e. The average Bonchev–Trinajstić information content (AvgIpc) is 2.93. The van der Waals surface area contributed by atoms with Crippen molar-refractivity contribution in [2.45, 2.75) is 11.3 Å². The predicted molar refractivity (Wildman–Crippen MR) is 101 cm³/mol. The maximum absolute atomic E-state index is 12.4. The molecule has 1 aliphatic heterocycles. The highest BCUT2D eigenvalue weighted by molar-refractivity contribution is 7.99. The number of carbonyl (C=O) groups is 3. The molecule has 2 amide bonds. The zero-order chi connectivity index (χ0) is 19.4. The number of hydrogen-bond donors (Lipinski definition) is 1. The van der Waals surface area contributed by atoms with Gasteiger partial charge in [0.25, 0.3) is 11.8 Å². The number of benzene rings is 2. The highest BCUT2D eigenvalue weighted by atomic mass is 32.2. The fourth-order valence-corrected chi connectivity index (χ4v) is 3.91. The summed E-state index contributed by atoms with van der Waals surface area (Å²) in [6, 6.07) is 14.0. The van der Waals surface area contributed by atoms with Crippen LogP contribution < -0.4 is 4.74 Å². The molecule has 0 spiro atoms. The fourth-order valence-electron chi connectivity index (χ4n) is 2.87. The molecule has 1 unspecified atom stereocenters. The summed E-state index contributed by atoms with van der Waals surface area (Å²) in [5.74, 6) is -1.23. The quantitative estimate of drug-likeness (QED) is 0.555. The first kappa shape index (κ1) is 19.0. The zero-order valence-electron chi connectivity index (χ0n) is 14.8. The molecule has 140 valence electrons. The number of ether oxygens (including phenoxy) is 1. The number of imide groups is 1. The van der Waals surface area contributed by atoms with E-state index in [-0.39, 0.29) is 24.8 Å². The summed E-state index contributed by atoms with van der Waals surface area (Å²) in [6.45, 7) is 0.0898. The fraction of sp³-hybridized carbons (Fsp3) is 0.250. The van der Waals surface area contributed by atoms with E-state index in [1.165, 1.54) is 11.8 Å². The molecule has 0 aliphatic carbocycles. The molecule has 1 heterocycles. The minimum atomic E-state index is -0.937. The molecule has 27 heavy (non-hydrogen) atoms. The summed E-state index contributed by atoms with van der Waals surface area (Å²) in [7, 11) is 1.59. The zero-order valence-corrected chi connectivity index (χ0v) is 15.6. The summed E-state index contributed by atoms with van der Waals surface area (Å²) in [4.78, 5) is 38.4. The number of carboxylic acids is 1. The Morgan fingerprint density at radius 1 is 1.07 bits per heavy atom. The van der Waals surface area contributed by atoms with E-state index < -0.39 is 11.9 Å². The predicted octanol–water partition coefficient (Wildman–Crippen LogP) is 3.17. The lowest BCUT2D eigenvalue weighted by atomic mass is 10.1. The lowest BCUT2D eigenvalue weighted by Gasteiger charge is -2.17. The van der Waals surface area contributed by atoms with E-state index in [1.54, 1.807) is 31.4 Å². The van der Waals surface area contributed by atoms with E-state index in [0.29, 0.717) is 16.9 Å². The number of amides is 2. The van der Waals surface area contributed by atoms with Gasteiger partial charge in [0.2, 0.25) is 0 Å². The third-order valence-corrected chi connectivity index (χ3v) is 5.61. The molecule has 6 nitrogen and oxygen atoms in total. The number of methoxy groups -OCH3 is 1. The number of carboxylic acid groups (broad SMARTS) is 1. The lowest BCUT2D eigenvalue weighted by molar-refractivity contribution is -0.141. The molecule has 0 saturated carbocycles. The van der Waals surface area contributed by atoms with E-state index in [2.05, 4.69) is 0 Å². The number of fused-ring (bicyclic) bond motifs is 1. The van der Waals surface area contributed by atoms with Crippen molar-refractivity contribution in [2.75, 3.05) is 19.4 Å². The van der Waals surface area contributed by atoms with E-state index >= 15 is 0 Å². The van der Waals surface area contributed by atoms with Gasteiger partial charge in [0.1, 0.15) is 5.75 Å². The highest BCUT2D eigenvalue weighted by Crippen LogP contribution is 2.27. The number of thioether (sulfide) groups is 1. The Balaban J connectivity index is 1.59. The van der Waals surface area contributed by atoms with Gasteiger partial charge in [-0.3, -0.25) is 19.3 Å². The van der Waals surface area contributed by atoms with Crippen LogP contribution in [0.2, 0.25) is 0 Å². The standard InChI is InChI=1S/C20H19NO5S/c1-26-14-6-8-15(9-7-14)27-12-13(20(24)25)10-11-21-18(22)16-4-2-3-5-17(16)19(21)23/h2-9,13H,10-12H2,1H3,(H,24,25). The molecule has 2 aromatic rings. The average molecular weight is 385 g/mol. The van der Waals surface area contributed by atoms with Crippen LogP contribution in [0, 0.1) is 5.92 Å². The molecule has 0 aromatic heterocycles. The summed E-state index contributed by atoms with van der Waals surface area (Å²) in [6.07, 6.45) is 0.212. The molecule has 0 saturated heterocycles. The van der Waals surface area contributed by atoms with Gasteiger partial charge in [-0.1, -0.05) is 12.1 Å². The summed E-state index contributed by atoms with van der Waals surface area (Å²) < 4.78 is 5.10. The van der Waals surface area contributed by atoms with Crippen molar-refractivity contribution < 1.29 is 24.2 Å². The number of carbonyl (C=O) groups excluding carboxylic acids is 2. The third kappa shape index (κ3) is 4.14. The Hall–Kier alpha value is -2.80. The summed E-state index contributed by atoms with van der Waals surface area (Å²) in [5, 5.41) is 9.49. The third-order valence-electron chi connectivity index (χ3n) is 4.44. The van der Waals surface area contributed by atoms with Crippen LogP contribution in [-0.4, -0.2) is 47.2 Å². The molecular formula is C20H19NO5S. The second kappa shape index (κ2) is 8.26. The van der Waals surface area contributed by atoms with Crippen LogP contribution in [0.15, 0.2) is 53.4 Å². The summed E-state index contributed by atoms with van der Waals surface area (Å²) >= 11 is 1.42. The first-order valence-corrected chi connectivity index (χ1v) is 9.44. The first-order valence-electron chi connectivity index (χ1n) is 8.46. The molecule has 1 atom stereocenters. The maximum atomic E-state index is 12.4. The van der Waals surface area contributed by atoms with Crippen molar-refractivity contribution in [1.82, 2.24) is 4.90 Å². The Labute approximate surface area is 161 Å². The van der Waals surface area contributed by atoms with Gasteiger partial charge < -0.3 is 9.84 Å². The van der Waals surface area contributed by atoms with Gasteiger partial charge >= 0.3 is 5.97 Å². The molecule has 1 N–H and O–H groups in total. The number of aliphatic carboxylic acids is 1. The molecule has 2 aromatic carbocycles. The van der Waals surface area contributed by atoms with Gasteiger partial charge in [-0.05, 0) is 42.8 Å². The maximum Gasteiger partial charge on any atom is 0.307 e. The Morgan fingerprint density at radius 3 is 2.19 bits per heavy atom. The van der Waals surface area contributed by atoms with Crippen LogP contribution in [0.1, 0.15) is 27.1 Å². The molecular weight excluding hydrogens is 366 g/mol. The van der Waals surface area contributed by atoms with Crippen molar-refractivity contribution in [1.29, 1.82) is 0 Å². The van der Waals surface area contributed by atoms with Crippen LogP contribution in [-0.2, 0) is 4.79 Å². The van der Waals surface area contributed by atoms with Gasteiger partial charge in [-0.15, -0.1) is 11.8 Å². The topological polar surface area (TPSA) is 83.9 Å². The number of rotatable bonds is 8. The number of hydrogen-bond acceptors (Lipinski definition) is 5. The Bertz CT molecular complexity index is 830. The van der Waals surface area contributed by atoms with Crippen molar-refractivity contribution >= 4 is 29.5 Å². The van der Waals surface area contributed by atoms with Crippen LogP contribution in [0.25, 0.3) is 0 Å². The van der Waals surface area contributed by atoms with Gasteiger partial charge in [-0.25, -0.2) is 0 Å². The van der Waals surface area contributed by atoms with Gasteiger partial charge in [0.15, 0.2) is 0 Å². The van der Waals surface area contributed by atoms with Crippen molar-refractivity contribution in [3.05, 3.63) is 59.7 Å². The Kier molecular flexibility index (Phi) is 5.81. The van der Waals surface area contributed by atoms with Crippen molar-refractivity contribution in [3.63, 3.8) is 0 Å². The minimum Gasteiger partial charge on any atom is -0.497 e. The molecule has 3 rings (SSSR count). The van der Waals surface area contributed by atoms with E-state index in [0.717, 1.165) is 15.5 Å². The molecule has 1 aliphatic rings. The van der Waals surface area contributed by atoms with Crippen LogP contribution in [0.5, 0.6) is 5.75 Å². The molecule has 0 radical (unpaired) electrons. The van der Waals surface area contributed by atoms with E-state index in [9.17, 15) is 19.5 Å². The molecule has 0 bridgehead atoms. The highest BCUT2D eigenvalue weighted by Gasteiger charge is 2.35. The van der Waals surface area contributed by atoms with Crippen molar-refractivity contribution in [3.8, 4) is 5.75 Å². The van der Waals surface area contributed by atoms with Crippen LogP contribution in [0.4, 0.5) is 0 Å².